The summed E-state index contributed by atoms with van der Waals surface area (Å²) in [5, 5.41) is 10.9. The van der Waals surface area contributed by atoms with Crippen molar-refractivity contribution >= 4 is 11.7 Å². The smallest absolute Gasteiger partial charge is 0.291 e. The molecule has 3 rings (SSSR count). The Kier molecular flexibility index (Phi) is 4.66. The number of carbonyl (C=O) groups excluding carboxylic acids is 1. The van der Waals surface area contributed by atoms with E-state index in [1.54, 1.807) is 31.7 Å². The fraction of sp³-hybridized carbons (Fsp3) is 0.438. The number of β-amino-alcohol motifs (C(OH)–C–C–N with tert-alkyl or cyclic N) is 1. The second kappa shape index (κ2) is 6.88. The lowest BCUT2D eigenvalue weighted by molar-refractivity contribution is -0.000448. The van der Waals surface area contributed by atoms with E-state index in [4.69, 9.17) is 0 Å². The first-order chi connectivity index (χ1) is 11.6. The van der Waals surface area contributed by atoms with Crippen LogP contribution in [0.3, 0.4) is 0 Å². The number of piperidine rings is 1. The maximum atomic E-state index is 12.4. The minimum absolute atomic E-state index is 0.130. The molecular formula is C16H20N6O2. The van der Waals surface area contributed by atoms with E-state index in [1.807, 2.05) is 4.90 Å². The van der Waals surface area contributed by atoms with Gasteiger partial charge in [0, 0.05) is 44.9 Å². The van der Waals surface area contributed by atoms with Gasteiger partial charge < -0.3 is 14.9 Å². The van der Waals surface area contributed by atoms with Gasteiger partial charge >= 0.3 is 0 Å². The molecule has 0 aliphatic carbocycles. The Morgan fingerprint density at radius 3 is 2.79 bits per heavy atom. The van der Waals surface area contributed by atoms with Crippen LogP contribution in [0.2, 0.25) is 0 Å². The Balaban J connectivity index is 1.68. The van der Waals surface area contributed by atoms with E-state index in [0.29, 0.717) is 13.0 Å². The maximum absolute atomic E-state index is 12.4. The molecule has 1 saturated heterocycles. The largest absolute Gasteiger partial charge is 0.386 e. The number of likely N-dealkylation sites (N-methyl/N-ethyl adjacent to an activating group) is 1. The molecule has 0 unspecified atom stereocenters. The molecule has 2 aromatic heterocycles. The summed E-state index contributed by atoms with van der Waals surface area (Å²) in [4.78, 5) is 32.1. The second-order valence-electron chi connectivity index (χ2n) is 6.05. The quantitative estimate of drug-likeness (QED) is 0.866. The number of anilines is 1. The van der Waals surface area contributed by atoms with Gasteiger partial charge in [-0.05, 0) is 18.9 Å². The highest BCUT2D eigenvalue weighted by Gasteiger charge is 2.36. The van der Waals surface area contributed by atoms with Crippen LogP contribution in [0.25, 0.3) is 0 Å². The summed E-state index contributed by atoms with van der Waals surface area (Å²) in [5.41, 5.74) is -1.00. The van der Waals surface area contributed by atoms with E-state index in [1.165, 1.54) is 17.3 Å². The van der Waals surface area contributed by atoms with Crippen molar-refractivity contribution in [2.75, 3.05) is 31.6 Å². The van der Waals surface area contributed by atoms with E-state index in [9.17, 15) is 9.90 Å². The Morgan fingerprint density at radius 1 is 1.29 bits per heavy atom. The van der Waals surface area contributed by atoms with Crippen LogP contribution in [-0.2, 0) is 0 Å². The molecule has 8 heteroatoms. The molecule has 0 spiro atoms. The van der Waals surface area contributed by atoms with Gasteiger partial charge in [-0.3, -0.25) is 9.78 Å². The third kappa shape index (κ3) is 3.65. The van der Waals surface area contributed by atoms with Gasteiger partial charge in [-0.2, -0.15) is 0 Å². The molecule has 0 saturated carbocycles. The van der Waals surface area contributed by atoms with Crippen LogP contribution >= 0.6 is 0 Å². The third-order valence-electron chi connectivity index (χ3n) is 4.06. The van der Waals surface area contributed by atoms with Gasteiger partial charge in [0.25, 0.3) is 5.91 Å². The average molecular weight is 328 g/mol. The zero-order valence-electron chi connectivity index (χ0n) is 13.5. The average Bonchev–Trinajstić information content (AvgIpc) is 2.62. The molecule has 2 aromatic rings. The van der Waals surface area contributed by atoms with Crippen LogP contribution in [0.1, 0.15) is 23.5 Å². The highest BCUT2D eigenvalue weighted by Crippen LogP contribution is 2.25. The first kappa shape index (κ1) is 16.3. The number of amides is 1. The summed E-state index contributed by atoms with van der Waals surface area (Å²) >= 11 is 0. The first-order valence-electron chi connectivity index (χ1n) is 7.83. The van der Waals surface area contributed by atoms with Crippen molar-refractivity contribution in [3.63, 3.8) is 0 Å². The van der Waals surface area contributed by atoms with Crippen molar-refractivity contribution in [2.24, 2.45) is 0 Å². The zero-order valence-corrected chi connectivity index (χ0v) is 13.5. The molecule has 24 heavy (non-hydrogen) atoms. The molecular weight excluding hydrogens is 308 g/mol. The van der Waals surface area contributed by atoms with E-state index in [0.717, 1.165) is 18.8 Å². The van der Waals surface area contributed by atoms with Crippen LogP contribution in [0.15, 0.2) is 37.1 Å². The Labute approximate surface area is 140 Å². The predicted octanol–water partition coefficient (Wildman–Crippen LogP) is 0.370. The molecule has 0 aromatic carbocycles. The van der Waals surface area contributed by atoms with Gasteiger partial charge in [0.1, 0.15) is 5.82 Å². The first-order valence-corrected chi connectivity index (χ1v) is 7.83. The molecule has 3 heterocycles. The highest BCUT2D eigenvalue weighted by molar-refractivity contribution is 5.90. The fourth-order valence-corrected chi connectivity index (χ4v) is 2.99. The molecule has 1 N–H and O–H groups in total. The lowest BCUT2D eigenvalue weighted by atomic mass is 9.92. The standard InChI is InChI=1S/C16H20N6O2/c1-21(15(23)14-19-5-3-6-20-14)11-16(24)4-2-9-22(12-16)13-10-17-7-8-18-13/h3,5-8,10,24H,2,4,9,11-12H2,1H3/t16-/m0/s1. The van der Waals surface area contributed by atoms with E-state index < -0.39 is 5.60 Å². The summed E-state index contributed by atoms with van der Waals surface area (Å²) in [6.45, 7) is 1.42. The van der Waals surface area contributed by atoms with Gasteiger partial charge in [-0.25, -0.2) is 15.0 Å². The van der Waals surface area contributed by atoms with Crippen molar-refractivity contribution < 1.29 is 9.90 Å². The monoisotopic (exact) mass is 328 g/mol. The number of aromatic nitrogens is 4. The van der Waals surface area contributed by atoms with Gasteiger partial charge in [0.2, 0.25) is 5.82 Å². The minimum Gasteiger partial charge on any atom is -0.386 e. The number of hydrogen-bond donors (Lipinski definition) is 1. The molecule has 1 atom stereocenters. The third-order valence-corrected chi connectivity index (χ3v) is 4.06. The zero-order chi connectivity index (χ0) is 17.0. The van der Waals surface area contributed by atoms with Crippen LogP contribution in [-0.4, -0.2) is 68.1 Å². The molecule has 8 nitrogen and oxygen atoms in total. The molecule has 126 valence electrons. The lowest BCUT2D eigenvalue weighted by Crippen LogP contribution is -2.55. The van der Waals surface area contributed by atoms with Gasteiger partial charge in [-0.15, -0.1) is 0 Å². The normalized spacial score (nSPS) is 20.7. The SMILES string of the molecule is CN(C[C@@]1(O)CCCN(c2cnccn2)C1)C(=O)c1ncccn1. The van der Waals surface area contributed by atoms with E-state index in [2.05, 4.69) is 19.9 Å². The summed E-state index contributed by atoms with van der Waals surface area (Å²) in [7, 11) is 1.65. The van der Waals surface area contributed by atoms with Crippen LogP contribution in [0.4, 0.5) is 5.82 Å². The number of aliphatic hydroxyl groups is 1. The van der Waals surface area contributed by atoms with Crippen molar-refractivity contribution in [1.29, 1.82) is 0 Å². The van der Waals surface area contributed by atoms with Crippen LogP contribution < -0.4 is 4.90 Å². The molecule has 0 bridgehead atoms. The molecule has 0 radical (unpaired) electrons. The Morgan fingerprint density at radius 2 is 2.08 bits per heavy atom. The second-order valence-corrected chi connectivity index (χ2v) is 6.05. The van der Waals surface area contributed by atoms with E-state index in [-0.39, 0.29) is 18.3 Å². The summed E-state index contributed by atoms with van der Waals surface area (Å²) < 4.78 is 0. The van der Waals surface area contributed by atoms with Crippen molar-refractivity contribution in [3.8, 4) is 0 Å². The maximum Gasteiger partial charge on any atom is 0.291 e. The minimum atomic E-state index is -1.00. The Hall–Kier alpha value is -2.61. The topological polar surface area (TPSA) is 95.3 Å². The summed E-state index contributed by atoms with van der Waals surface area (Å²) in [6.07, 6.45) is 9.42. The lowest BCUT2D eigenvalue weighted by Gasteiger charge is -2.41. The number of nitrogens with zero attached hydrogens (tertiary/aromatic N) is 6. The van der Waals surface area contributed by atoms with Gasteiger partial charge in [0.15, 0.2) is 0 Å². The molecule has 1 aliphatic rings. The van der Waals surface area contributed by atoms with Crippen molar-refractivity contribution in [2.45, 2.75) is 18.4 Å². The number of hydrogen-bond acceptors (Lipinski definition) is 7. The van der Waals surface area contributed by atoms with E-state index >= 15 is 0 Å². The fourth-order valence-electron chi connectivity index (χ4n) is 2.99. The highest BCUT2D eigenvalue weighted by atomic mass is 16.3. The Bertz CT molecular complexity index is 683. The summed E-state index contributed by atoms with van der Waals surface area (Å²) in [5.74, 6) is 0.557. The molecule has 1 aliphatic heterocycles. The molecule has 1 fully saturated rings. The van der Waals surface area contributed by atoms with Crippen molar-refractivity contribution in [3.05, 3.63) is 42.9 Å². The van der Waals surface area contributed by atoms with Gasteiger partial charge in [-0.1, -0.05) is 0 Å². The summed E-state index contributed by atoms with van der Waals surface area (Å²) in [6, 6.07) is 1.66. The molecule has 1 amide bonds. The number of carbonyl (C=O) groups is 1. The van der Waals surface area contributed by atoms with Crippen LogP contribution in [0.5, 0.6) is 0 Å². The van der Waals surface area contributed by atoms with Crippen LogP contribution in [0, 0.1) is 0 Å². The number of rotatable bonds is 4. The predicted molar refractivity (Wildman–Crippen MR) is 87.4 cm³/mol. The van der Waals surface area contributed by atoms with Crippen molar-refractivity contribution in [1.82, 2.24) is 24.8 Å². The van der Waals surface area contributed by atoms with Gasteiger partial charge in [0.05, 0.1) is 18.3 Å².